The van der Waals surface area contributed by atoms with Crippen molar-refractivity contribution in [1.29, 1.82) is 0 Å². The molecule has 1 aromatic heterocycles. The van der Waals surface area contributed by atoms with E-state index in [1.165, 1.54) is 24.0 Å². The Bertz CT molecular complexity index is 727. The number of hydrogen-bond donors (Lipinski definition) is 0. The number of fused-ring (bicyclic) bond motifs is 1. The van der Waals surface area contributed by atoms with Gasteiger partial charge in [-0.2, -0.15) is 4.98 Å². The van der Waals surface area contributed by atoms with Gasteiger partial charge in [0.2, 0.25) is 5.95 Å². The van der Waals surface area contributed by atoms with Gasteiger partial charge in [-0.25, -0.2) is 4.98 Å². The van der Waals surface area contributed by atoms with E-state index in [9.17, 15) is 0 Å². The standard InChI is InChI=1S/C20H26N4/c1-15-6-5-10-23(13-15)19-12-16(2)21-20(22-19)24-11-9-17-7-3-4-8-18(17)14-24/h3-4,7-8,12,15H,5-6,9-11,13-14H2,1-2H3. The summed E-state index contributed by atoms with van der Waals surface area (Å²) in [5, 5.41) is 0. The summed E-state index contributed by atoms with van der Waals surface area (Å²) in [4.78, 5) is 14.4. The molecule has 1 saturated heterocycles. The van der Waals surface area contributed by atoms with Crippen LogP contribution < -0.4 is 9.80 Å². The summed E-state index contributed by atoms with van der Waals surface area (Å²) in [6, 6.07) is 10.9. The van der Waals surface area contributed by atoms with Gasteiger partial charge in [-0.05, 0) is 43.2 Å². The van der Waals surface area contributed by atoms with Crippen LogP contribution in [0, 0.1) is 12.8 Å². The van der Waals surface area contributed by atoms with E-state index in [0.29, 0.717) is 0 Å². The Kier molecular flexibility index (Phi) is 4.13. The maximum Gasteiger partial charge on any atom is 0.227 e. The van der Waals surface area contributed by atoms with E-state index in [1.807, 2.05) is 0 Å². The highest BCUT2D eigenvalue weighted by molar-refractivity contribution is 5.48. The molecule has 0 bridgehead atoms. The molecule has 126 valence electrons. The number of benzene rings is 1. The quantitative estimate of drug-likeness (QED) is 0.846. The molecule has 4 rings (SSSR count). The zero-order chi connectivity index (χ0) is 16.5. The van der Waals surface area contributed by atoms with E-state index in [1.54, 1.807) is 0 Å². The molecule has 4 nitrogen and oxygen atoms in total. The molecule has 24 heavy (non-hydrogen) atoms. The Balaban J connectivity index is 1.60. The molecule has 1 atom stereocenters. The largest absolute Gasteiger partial charge is 0.356 e. The molecule has 2 aliphatic rings. The van der Waals surface area contributed by atoms with Crippen molar-refractivity contribution in [1.82, 2.24) is 9.97 Å². The molecule has 0 N–H and O–H groups in total. The Morgan fingerprint density at radius 3 is 2.71 bits per heavy atom. The lowest BCUT2D eigenvalue weighted by Crippen LogP contribution is -2.36. The third-order valence-corrected chi connectivity index (χ3v) is 5.22. The molecule has 1 fully saturated rings. The zero-order valence-corrected chi connectivity index (χ0v) is 14.7. The number of aromatic nitrogens is 2. The minimum Gasteiger partial charge on any atom is -0.356 e. The van der Waals surface area contributed by atoms with Crippen molar-refractivity contribution in [2.24, 2.45) is 5.92 Å². The van der Waals surface area contributed by atoms with E-state index in [-0.39, 0.29) is 0 Å². The van der Waals surface area contributed by atoms with Crippen molar-refractivity contribution in [3.8, 4) is 0 Å². The van der Waals surface area contributed by atoms with Crippen LogP contribution in [0.5, 0.6) is 0 Å². The number of anilines is 2. The lowest BCUT2D eigenvalue weighted by molar-refractivity contribution is 0.444. The van der Waals surface area contributed by atoms with E-state index in [2.05, 4.69) is 54.0 Å². The molecule has 1 aromatic carbocycles. The van der Waals surface area contributed by atoms with Gasteiger partial charge in [-0.1, -0.05) is 31.2 Å². The third-order valence-electron chi connectivity index (χ3n) is 5.22. The molecule has 0 saturated carbocycles. The zero-order valence-electron chi connectivity index (χ0n) is 14.7. The first-order valence-corrected chi connectivity index (χ1v) is 9.11. The highest BCUT2D eigenvalue weighted by Crippen LogP contribution is 2.26. The number of nitrogens with zero attached hydrogens (tertiary/aromatic N) is 4. The van der Waals surface area contributed by atoms with Crippen LogP contribution in [0.25, 0.3) is 0 Å². The van der Waals surface area contributed by atoms with Gasteiger partial charge in [-0.3, -0.25) is 0 Å². The van der Waals surface area contributed by atoms with Gasteiger partial charge >= 0.3 is 0 Å². The van der Waals surface area contributed by atoms with Crippen molar-refractivity contribution in [2.75, 3.05) is 29.4 Å². The van der Waals surface area contributed by atoms with Crippen LogP contribution in [0.15, 0.2) is 30.3 Å². The van der Waals surface area contributed by atoms with Crippen molar-refractivity contribution in [3.05, 3.63) is 47.2 Å². The normalized spacial score (nSPS) is 20.8. The van der Waals surface area contributed by atoms with Crippen molar-refractivity contribution in [3.63, 3.8) is 0 Å². The SMILES string of the molecule is Cc1cc(N2CCCC(C)C2)nc(N2CCc3ccccc3C2)n1. The second-order valence-corrected chi connectivity index (χ2v) is 7.30. The van der Waals surface area contributed by atoms with Crippen molar-refractivity contribution < 1.29 is 0 Å². The number of rotatable bonds is 2. The Hall–Kier alpha value is -2.10. The number of aryl methyl sites for hydroxylation is 1. The summed E-state index contributed by atoms with van der Waals surface area (Å²) in [6.45, 7) is 8.55. The predicted molar refractivity (Wildman–Crippen MR) is 98.6 cm³/mol. The van der Waals surface area contributed by atoms with Crippen LogP contribution in [0.4, 0.5) is 11.8 Å². The smallest absolute Gasteiger partial charge is 0.227 e. The van der Waals surface area contributed by atoms with Crippen molar-refractivity contribution in [2.45, 2.75) is 39.7 Å². The van der Waals surface area contributed by atoms with E-state index < -0.39 is 0 Å². The first kappa shape index (κ1) is 15.4. The van der Waals surface area contributed by atoms with Crippen LogP contribution in [-0.2, 0) is 13.0 Å². The molecule has 0 aliphatic carbocycles. The summed E-state index contributed by atoms with van der Waals surface area (Å²) >= 11 is 0. The average molecular weight is 322 g/mol. The molecular weight excluding hydrogens is 296 g/mol. The summed E-state index contributed by atoms with van der Waals surface area (Å²) in [7, 11) is 0. The molecule has 3 heterocycles. The second-order valence-electron chi connectivity index (χ2n) is 7.30. The number of hydrogen-bond acceptors (Lipinski definition) is 4. The monoisotopic (exact) mass is 322 g/mol. The van der Waals surface area contributed by atoms with Gasteiger partial charge in [0.25, 0.3) is 0 Å². The molecule has 4 heteroatoms. The maximum absolute atomic E-state index is 4.93. The van der Waals surface area contributed by atoms with Gasteiger partial charge in [0, 0.05) is 37.9 Å². The maximum atomic E-state index is 4.93. The van der Waals surface area contributed by atoms with Crippen LogP contribution in [0.2, 0.25) is 0 Å². The van der Waals surface area contributed by atoms with Crippen LogP contribution >= 0.6 is 0 Å². The van der Waals surface area contributed by atoms with Gasteiger partial charge in [0.1, 0.15) is 5.82 Å². The molecule has 2 aliphatic heterocycles. The molecule has 2 aromatic rings. The first-order chi connectivity index (χ1) is 11.7. The lowest BCUT2D eigenvalue weighted by atomic mass is 10.00. The minimum atomic E-state index is 0.749. The second kappa shape index (κ2) is 6.42. The Labute approximate surface area is 144 Å². The average Bonchev–Trinajstić information content (AvgIpc) is 2.61. The predicted octanol–water partition coefficient (Wildman–Crippen LogP) is 3.58. The lowest BCUT2D eigenvalue weighted by Gasteiger charge is -2.33. The van der Waals surface area contributed by atoms with Crippen LogP contribution in [0.1, 0.15) is 36.6 Å². The highest BCUT2D eigenvalue weighted by atomic mass is 15.3. The Morgan fingerprint density at radius 2 is 1.88 bits per heavy atom. The van der Waals surface area contributed by atoms with Crippen molar-refractivity contribution >= 4 is 11.8 Å². The van der Waals surface area contributed by atoms with E-state index in [4.69, 9.17) is 9.97 Å². The molecule has 1 unspecified atom stereocenters. The first-order valence-electron chi connectivity index (χ1n) is 9.11. The highest BCUT2D eigenvalue weighted by Gasteiger charge is 2.22. The van der Waals surface area contributed by atoms with Crippen LogP contribution in [-0.4, -0.2) is 29.6 Å². The molecule has 0 spiro atoms. The fourth-order valence-corrected chi connectivity index (χ4v) is 3.90. The molecule has 0 radical (unpaired) electrons. The fourth-order valence-electron chi connectivity index (χ4n) is 3.90. The topological polar surface area (TPSA) is 32.3 Å². The third kappa shape index (κ3) is 3.10. The van der Waals surface area contributed by atoms with Gasteiger partial charge in [0.05, 0.1) is 0 Å². The molecular formula is C20H26N4. The fraction of sp³-hybridized carbons (Fsp3) is 0.500. The number of piperidine rings is 1. The van der Waals surface area contributed by atoms with E-state index in [0.717, 1.165) is 56.0 Å². The summed E-state index contributed by atoms with van der Waals surface area (Å²) in [5.41, 5.74) is 3.93. The van der Waals surface area contributed by atoms with E-state index >= 15 is 0 Å². The Morgan fingerprint density at radius 1 is 1.04 bits per heavy atom. The summed E-state index contributed by atoms with van der Waals surface area (Å²) in [6.07, 6.45) is 3.66. The molecule has 0 amide bonds. The minimum absolute atomic E-state index is 0.749. The van der Waals surface area contributed by atoms with Gasteiger partial charge in [-0.15, -0.1) is 0 Å². The van der Waals surface area contributed by atoms with Gasteiger partial charge < -0.3 is 9.80 Å². The summed E-state index contributed by atoms with van der Waals surface area (Å²) in [5.74, 6) is 2.74. The van der Waals surface area contributed by atoms with Gasteiger partial charge in [0.15, 0.2) is 0 Å². The van der Waals surface area contributed by atoms with Crippen LogP contribution in [0.3, 0.4) is 0 Å². The summed E-state index contributed by atoms with van der Waals surface area (Å²) < 4.78 is 0.